The van der Waals surface area contributed by atoms with Gasteiger partial charge in [-0.3, -0.25) is 0 Å². The number of benzene rings is 1. The molecule has 0 bridgehead atoms. The average Bonchev–Trinajstić information content (AvgIpc) is 3.19. The number of anilines is 1. The number of nitrogens with zero attached hydrogens (tertiary/aromatic N) is 4. The number of aryl methyl sites for hydroxylation is 1. The summed E-state index contributed by atoms with van der Waals surface area (Å²) in [6.07, 6.45) is 7.87. The Balaban J connectivity index is 1.20. The first-order chi connectivity index (χ1) is 16.6. The van der Waals surface area contributed by atoms with Crippen LogP contribution in [-0.2, 0) is 16.4 Å². The van der Waals surface area contributed by atoms with Crippen LogP contribution in [0.15, 0.2) is 30.6 Å². The molecule has 35 heavy (non-hydrogen) atoms. The first-order valence-corrected chi connectivity index (χ1v) is 13.8. The highest BCUT2D eigenvalue weighted by molar-refractivity contribution is 7.88. The Morgan fingerprint density at radius 3 is 2.40 bits per heavy atom. The molecule has 3 atom stereocenters. The van der Waals surface area contributed by atoms with E-state index in [4.69, 9.17) is 4.74 Å². The lowest BCUT2D eigenvalue weighted by atomic mass is 10.00. The van der Waals surface area contributed by atoms with Crippen LogP contribution in [0.5, 0.6) is 5.75 Å². The van der Waals surface area contributed by atoms with E-state index in [2.05, 4.69) is 28.7 Å². The fourth-order valence-corrected chi connectivity index (χ4v) is 6.24. The summed E-state index contributed by atoms with van der Waals surface area (Å²) in [6.45, 7) is 6.58. The van der Waals surface area contributed by atoms with Crippen LogP contribution >= 0.6 is 0 Å². The predicted molar refractivity (Wildman–Crippen MR) is 130 cm³/mol. The molecule has 1 aromatic carbocycles. The van der Waals surface area contributed by atoms with E-state index in [1.54, 1.807) is 6.08 Å². The fourth-order valence-electron chi connectivity index (χ4n) is 5.47. The molecule has 3 unspecified atom stereocenters. The zero-order valence-electron chi connectivity index (χ0n) is 20.2. The first kappa shape index (κ1) is 24.1. The fraction of sp³-hybridized carbons (Fsp3) is 0.520. The van der Waals surface area contributed by atoms with Gasteiger partial charge in [-0.05, 0) is 53.0 Å². The molecule has 0 amide bonds. The van der Waals surface area contributed by atoms with Crippen LogP contribution in [0.25, 0.3) is 5.57 Å². The molecule has 3 aliphatic rings. The van der Waals surface area contributed by atoms with Gasteiger partial charge in [0.05, 0.1) is 12.9 Å². The zero-order chi connectivity index (χ0) is 25.0. The van der Waals surface area contributed by atoms with Crippen molar-refractivity contribution in [2.45, 2.75) is 26.7 Å². The summed E-state index contributed by atoms with van der Waals surface area (Å²) in [5.41, 5.74) is 2.26. The molecule has 1 saturated carbocycles. The molecular formula is C25H30F2N4O3S. The van der Waals surface area contributed by atoms with Crippen LogP contribution in [0.3, 0.4) is 0 Å². The Labute approximate surface area is 204 Å². The van der Waals surface area contributed by atoms with E-state index in [1.165, 1.54) is 16.4 Å². The smallest absolute Gasteiger partial charge is 0.225 e. The second-order valence-electron chi connectivity index (χ2n) is 10.0. The number of halogens is 2. The van der Waals surface area contributed by atoms with Crippen molar-refractivity contribution >= 4 is 21.5 Å². The van der Waals surface area contributed by atoms with E-state index in [9.17, 15) is 17.2 Å². The van der Waals surface area contributed by atoms with Gasteiger partial charge in [0.1, 0.15) is 0 Å². The Bertz CT molecular complexity index is 1240. The Morgan fingerprint density at radius 1 is 1.20 bits per heavy atom. The Morgan fingerprint density at radius 2 is 1.89 bits per heavy atom. The Kier molecular flexibility index (Phi) is 6.07. The van der Waals surface area contributed by atoms with E-state index in [0.717, 1.165) is 42.9 Å². The van der Waals surface area contributed by atoms with Crippen molar-refractivity contribution < 1.29 is 21.9 Å². The predicted octanol–water partition coefficient (Wildman–Crippen LogP) is 3.52. The highest BCUT2D eigenvalue weighted by Crippen LogP contribution is 2.63. The number of hydrogen-bond acceptors (Lipinski definition) is 6. The van der Waals surface area contributed by atoms with Crippen molar-refractivity contribution in [3.8, 4) is 5.75 Å². The minimum Gasteiger partial charge on any atom is -0.487 e. The van der Waals surface area contributed by atoms with Gasteiger partial charge in [-0.1, -0.05) is 19.9 Å². The minimum atomic E-state index is -3.29. The first-order valence-electron chi connectivity index (χ1n) is 11.9. The van der Waals surface area contributed by atoms with Gasteiger partial charge in [0.15, 0.2) is 17.4 Å². The molecule has 3 heterocycles. The summed E-state index contributed by atoms with van der Waals surface area (Å²) in [6, 6.07) is 2.55. The SMILES string of the molecule is CCc1cnc(N2CC3C(COc4c(F)cc(C5=CCN(S(C)(=O)=O)CC5)cc4F)C3(C)C2)nc1. The summed E-state index contributed by atoms with van der Waals surface area (Å²) in [5.74, 6) is -0.531. The maximum atomic E-state index is 14.8. The van der Waals surface area contributed by atoms with Crippen molar-refractivity contribution in [3.63, 3.8) is 0 Å². The van der Waals surface area contributed by atoms with E-state index < -0.39 is 21.7 Å². The van der Waals surface area contributed by atoms with E-state index in [-0.39, 0.29) is 30.2 Å². The van der Waals surface area contributed by atoms with Gasteiger partial charge < -0.3 is 9.64 Å². The van der Waals surface area contributed by atoms with E-state index in [1.807, 2.05) is 12.4 Å². The third-order valence-corrected chi connectivity index (χ3v) is 9.09. The topological polar surface area (TPSA) is 75.6 Å². The summed E-state index contributed by atoms with van der Waals surface area (Å²) < 4.78 is 60.0. The monoisotopic (exact) mass is 504 g/mol. The highest BCUT2D eigenvalue weighted by atomic mass is 32.2. The average molecular weight is 505 g/mol. The molecule has 1 saturated heterocycles. The number of aromatic nitrogens is 2. The Hall–Kier alpha value is -2.59. The van der Waals surface area contributed by atoms with Gasteiger partial charge in [0.25, 0.3) is 0 Å². The molecule has 2 aliphatic heterocycles. The van der Waals surface area contributed by atoms with Crippen LogP contribution in [-0.4, -0.2) is 61.7 Å². The third-order valence-electron chi connectivity index (χ3n) is 7.82. The summed E-state index contributed by atoms with van der Waals surface area (Å²) >= 11 is 0. The number of ether oxygens (including phenoxy) is 1. The maximum Gasteiger partial charge on any atom is 0.225 e. The second-order valence-corrected chi connectivity index (χ2v) is 12.0. The zero-order valence-corrected chi connectivity index (χ0v) is 21.0. The molecule has 1 aliphatic carbocycles. The van der Waals surface area contributed by atoms with Crippen molar-refractivity contribution in [3.05, 3.63) is 53.4 Å². The normalized spacial score (nSPS) is 26.4. The number of rotatable bonds is 7. The highest BCUT2D eigenvalue weighted by Gasteiger charge is 2.66. The van der Waals surface area contributed by atoms with Gasteiger partial charge >= 0.3 is 0 Å². The molecule has 0 spiro atoms. The van der Waals surface area contributed by atoms with E-state index >= 15 is 0 Å². The van der Waals surface area contributed by atoms with Crippen molar-refractivity contribution in [2.75, 3.05) is 43.9 Å². The summed E-state index contributed by atoms with van der Waals surface area (Å²) in [5, 5.41) is 0. The van der Waals surface area contributed by atoms with E-state index in [0.29, 0.717) is 24.4 Å². The minimum absolute atomic E-state index is 0.0120. The lowest BCUT2D eigenvalue weighted by molar-refractivity contribution is 0.247. The molecule has 2 fully saturated rings. The largest absolute Gasteiger partial charge is 0.487 e. The third kappa shape index (κ3) is 4.53. The molecule has 0 radical (unpaired) electrons. The van der Waals surface area contributed by atoms with Crippen LogP contribution in [0, 0.1) is 28.9 Å². The molecule has 5 rings (SSSR count). The molecule has 7 nitrogen and oxygen atoms in total. The van der Waals surface area contributed by atoms with Crippen LogP contribution in [0.4, 0.5) is 14.7 Å². The molecule has 1 aromatic heterocycles. The van der Waals surface area contributed by atoms with Crippen molar-refractivity contribution in [1.29, 1.82) is 0 Å². The lowest BCUT2D eigenvalue weighted by Gasteiger charge is -2.24. The number of fused-ring (bicyclic) bond motifs is 1. The van der Waals surface area contributed by atoms with Crippen molar-refractivity contribution in [2.24, 2.45) is 17.3 Å². The molecule has 188 valence electrons. The van der Waals surface area contributed by atoms with Gasteiger partial charge in [-0.15, -0.1) is 0 Å². The molecule has 0 N–H and O–H groups in total. The number of hydrogen-bond donors (Lipinski definition) is 0. The molecule has 10 heteroatoms. The lowest BCUT2D eigenvalue weighted by Crippen LogP contribution is -2.33. The maximum absolute atomic E-state index is 14.8. The summed E-state index contributed by atoms with van der Waals surface area (Å²) in [4.78, 5) is 11.1. The van der Waals surface area contributed by atoms with Crippen LogP contribution in [0.2, 0.25) is 0 Å². The van der Waals surface area contributed by atoms with Crippen molar-refractivity contribution in [1.82, 2.24) is 14.3 Å². The number of piperidine rings is 1. The number of sulfonamides is 1. The van der Waals surface area contributed by atoms with Gasteiger partial charge in [-0.25, -0.2) is 27.2 Å². The molecular weight excluding hydrogens is 474 g/mol. The molecule has 2 aromatic rings. The quantitative estimate of drug-likeness (QED) is 0.575. The standard InChI is InChI=1S/C25H30F2N4O3S/c1-4-16-11-28-24(29-12-16)30-13-19-20(25(19,2)15-30)14-34-23-21(26)9-18(10-22(23)27)17-5-7-31(8-6-17)35(3,32)33/h5,9-12,19-20H,4,6-8,13-15H2,1-3H3. The van der Waals surface area contributed by atoms with Crippen LogP contribution in [0.1, 0.15) is 31.4 Å². The van der Waals surface area contributed by atoms with Gasteiger partial charge in [-0.2, -0.15) is 4.31 Å². The van der Waals surface area contributed by atoms with Gasteiger partial charge in [0, 0.05) is 44.5 Å². The van der Waals surface area contributed by atoms with Gasteiger partial charge in [0.2, 0.25) is 16.0 Å². The summed E-state index contributed by atoms with van der Waals surface area (Å²) in [7, 11) is -3.29. The van der Waals surface area contributed by atoms with Crippen LogP contribution < -0.4 is 9.64 Å². The second kappa shape index (κ2) is 8.81.